The van der Waals surface area contributed by atoms with Gasteiger partial charge < -0.3 is 20.0 Å². The van der Waals surface area contributed by atoms with Gasteiger partial charge in [-0.15, -0.1) is 0 Å². The SMILES string of the molecule is CN=C(NCCC(=O)N1CCCC(C)C1)NCc1coc(-c2ccc(C)cc2)n1. The molecule has 1 amide bonds. The molecule has 1 saturated heterocycles. The molecule has 1 aliphatic rings. The molecule has 0 radical (unpaired) electrons. The number of hydrogen-bond donors (Lipinski definition) is 2. The predicted molar refractivity (Wildman–Crippen MR) is 114 cm³/mol. The third kappa shape index (κ3) is 6.07. The van der Waals surface area contributed by atoms with Gasteiger partial charge in [0, 0.05) is 38.7 Å². The molecule has 0 saturated carbocycles. The first-order valence-corrected chi connectivity index (χ1v) is 10.3. The Morgan fingerprint density at radius 3 is 2.83 bits per heavy atom. The van der Waals surface area contributed by atoms with Crippen molar-refractivity contribution >= 4 is 11.9 Å². The number of piperidine rings is 1. The highest BCUT2D eigenvalue weighted by Gasteiger charge is 2.20. The van der Waals surface area contributed by atoms with E-state index in [1.807, 2.05) is 36.1 Å². The minimum atomic E-state index is 0.207. The maximum atomic E-state index is 12.4. The van der Waals surface area contributed by atoms with Gasteiger partial charge in [0.1, 0.15) is 6.26 Å². The largest absolute Gasteiger partial charge is 0.444 e. The number of aromatic nitrogens is 1. The molecule has 0 bridgehead atoms. The van der Waals surface area contributed by atoms with Gasteiger partial charge in [0.25, 0.3) is 0 Å². The van der Waals surface area contributed by atoms with Gasteiger partial charge in [-0.05, 0) is 37.8 Å². The molecule has 0 aliphatic carbocycles. The summed E-state index contributed by atoms with van der Waals surface area (Å²) in [6.07, 6.45) is 4.43. The lowest BCUT2D eigenvalue weighted by Gasteiger charge is -2.31. The van der Waals surface area contributed by atoms with E-state index in [2.05, 4.69) is 27.5 Å². The minimum absolute atomic E-state index is 0.207. The fourth-order valence-electron chi connectivity index (χ4n) is 3.47. The zero-order valence-electron chi connectivity index (χ0n) is 17.6. The van der Waals surface area contributed by atoms with Crippen molar-refractivity contribution in [1.29, 1.82) is 0 Å². The second-order valence-electron chi connectivity index (χ2n) is 7.70. The number of carbonyl (C=O) groups excluding carboxylic acids is 1. The summed E-state index contributed by atoms with van der Waals surface area (Å²) in [5.41, 5.74) is 2.95. The normalized spacial score (nSPS) is 17.3. The Hall–Kier alpha value is -2.83. The molecule has 7 heteroatoms. The number of hydrogen-bond acceptors (Lipinski definition) is 4. The number of aryl methyl sites for hydroxylation is 1. The van der Waals surface area contributed by atoms with E-state index < -0.39 is 0 Å². The molecule has 156 valence electrons. The minimum Gasteiger partial charge on any atom is -0.444 e. The average Bonchev–Trinajstić information content (AvgIpc) is 3.20. The van der Waals surface area contributed by atoms with E-state index >= 15 is 0 Å². The molecule has 0 spiro atoms. The second kappa shape index (κ2) is 10.1. The van der Waals surface area contributed by atoms with Crippen LogP contribution in [-0.4, -0.2) is 48.4 Å². The molecular weight excluding hydrogens is 366 g/mol. The number of likely N-dealkylation sites (tertiary alicyclic amines) is 1. The van der Waals surface area contributed by atoms with Crippen molar-refractivity contribution in [3.63, 3.8) is 0 Å². The highest BCUT2D eigenvalue weighted by molar-refractivity contribution is 5.81. The number of guanidine groups is 1. The van der Waals surface area contributed by atoms with Gasteiger partial charge in [-0.3, -0.25) is 9.79 Å². The van der Waals surface area contributed by atoms with E-state index in [1.165, 1.54) is 12.0 Å². The number of carbonyl (C=O) groups is 1. The first-order valence-electron chi connectivity index (χ1n) is 10.3. The highest BCUT2D eigenvalue weighted by atomic mass is 16.3. The third-order valence-electron chi connectivity index (χ3n) is 5.15. The summed E-state index contributed by atoms with van der Waals surface area (Å²) in [4.78, 5) is 23.1. The molecule has 7 nitrogen and oxygen atoms in total. The Morgan fingerprint density at radius 1 is 1.31 bits per heavy atom. The van der Waals surface area contributed by atoms with Crippen LogP contribution in [0.4, 0.5) is 0 Å². The topological polar surface area (TPSA) is 82.8 Å². The number of benzene rings is 1. The molecule has 1 atom stereocenters. The smallest absolute Gasteiger partial charge is 0.226 e. The third-order valence-corrected chi connectivity index (χ3v) is 5.15. The number of oxazole rings is 1. The average molecular weight is 398 g/mol. The van der Waals surface area contributed by atoms with Crippen LogP contribution in [0.15, 0.2) is 39.9 Å². The second-order valence-corrected chi connectivity index (χ2v) is 7.70. The lowest BCUT2D eigenvalue weighted by molar-refractivity contribution is -0.132. The first-order chi connectivity index (χ1) is 14.0. The summed E-state index contributed by atoms with van der Waals surface area (Å²) in [7, 11) is 1.71. The van der Waals surface area contributed by atoms with E-state index in [-0.39, 0.29) is 5.91 Å². The van der Waals surface area contributed by atoms with Crippen molar-refractivity contribution in [2.75, 3.05) is 26.7 Å². The highest BCUT2D eigenvalue weighted by Crippen LogP contribution is 2.19. The fraction of sp³-hybridized carbons (Fsp3) is 0.500. The van der Waals surface area contributed by atoms with Crippen molar-refractivity contribution in [3.8, 4) is 11.5 Å². The fourth-order valence-corrected chi connectivity index (χ4v) is 3.47. The van der Waals surface area contributed by atoms with E-state index in [1.54, 1.807) is 13.3 Å². The number of nitrogens with one attached hydrogen (secondary N) is 2. The first kappa shape index (κ1) is 20.9. The van der Waals surface area contributed by atoms with Crippen molar-refractivity contribution < 1.29 is 9.21 Å². The number of aliphatic imine (C=N–C) groups is 1. The number of nitrogens with zero attached hydrogens (tertiary/aromatic N) is 3. The Kier molecular flexibility index (Phi) is 7.27. The van der Waals surface area contributed by atoms with Crippen LogP contribution in [0.1, 0.15) is 37.4 Å². The monoisotopic (exact) mass is 397 g/mol. The number of rotatable bonds is 6. The van der Waals surface area contributed by atoms with Gasteiger partial charge in [-0.1, -0.05) is 24.6 Å². The maximum absolute atomic E-state index is 12.4. The van der Waals surface area contributed by atoms with Crippen LogP contribution in [0, 0.1) is 12.8 Å². The van der Waals surface area contributed by atoms with Crippen molar-refractivity contribution in [1.82, 2.24) is 20.5 Å². The molecule has 3 rings (SSSR count). The Morgan fingerprint density at radius 2 is 2.10 bits per heavy atom. The standard InChI is InChI=1S/C22H31N5O2/c1-16-6-8-18(9-7-16)21-26-19(15-29-21)13-25-22(23-3)24-11-10-20(28)27-12-4-5-17(2)14-27/h6-9,15,17H,4-5,10-14H2,1-3H3,(H2,23,24,25). The maximum Gasteiger partial charge on any atom is 0.226 e. The van der Waals surface area contributed by atoms with E-state index in [0.29, 0.717) is 37.3 Å². The van der Waals surface area contributed by atoms with Crippen LogP contribution in [-0.2, 0) is 11.3 Å². The van der Waals surface area contributed by atoms with Gasteiger partial charge in [0.05, 0.1) is 12.2 Å². The molecule has 2 aromatic rings. The van der Waals surface area contributed by atoms with Gasteiger partial charge in [0.15, 0.2) is 5.96 Å². The van der Waals surface area contributed by atoms with Gasteiger partial charge >= 0.3 is 0 Å². The summed E-state index contributed by atoms with van der Waals surface area (Å²) in [5.74, 6) is 2.05. The van der Waals surface area contributed by atoms with E-state index in [4.69, 9.17) is 4.42 Å². The molecule has 1 fully saturated rings. The molecule has 2 heterocycles. The number of amides is 1. The molecule has 1 aromatic heterocycles. The molecule has 29 heavy (non-hydrogen) atoms. The van der Waals surface area contributed by atoms with Crippen LogP contribution < -0.4 is 10.6 Å². The van der Waals surface area contributed by atoms with Crippen molar-refractivity contribution in [2.45, 2.75) is 39.7 Å². The van der Waals surface area contributed by atoms with E-state index in [9.17, 15) is 4.79 Å². The van der Waals surface area contributed by atoms with Gasteiger partial charge in [0.2, 0.25) is 11.8 Å². The lowest BCUT2D eigenvalue weighted by atomic mass is 10.00. The lowest BCUT2D eigenvalue weighted by Crippen LogP contribution is -2.42. The summed E-state index contributed by atoms with van der Waals surface area (Å²) < 4.78 is 5.58. The van der Waals surface area contributed by atoms with Crippen LogP contribution in [0.3, 0.4) is 0 Å². The van der Waals surface area contributed by atoms with Crippen LogP contribution in [0.25, 0.3) is 11.5 Å². The van der Waals surface area contributed by atoms with Crippen LogP contribution in [0.5, 0.6) is 0 Å². The van der Waals surface area contributed by atoms with Crippen molar-refractivity contribution in [3.05, 3.63) is 41.8 Å². The van der Waals surface area contributed by atoms with Gasteiger partial charge in [-0.25, -0.2) is 4.98 Å². The zero-order valence-corrected chi connectivity index (χ0v) is 17.6. The Labute approximate surface area is 172 Å². The quantitative estimate of drug-likeness (QED) is 0.578. The summed E-state index contributed by atoms with van der Waals surface area (Å²) in [6.45, 7) is 7.06. The van der Waals surface area contributed by atoms with Gasteiger partial charge in [-0.2, -0.15) is 0 Å². The Balaban J connectivity index is 1.42. The van der Waals surface area contributed by atoms with Crippen LogP contribution >= 0.6 is 0 Å². The molecular formula is C22H31N5O2. The summed E-state index contributed by atoms with van der Waals surface area (Å²) in [5, 5.41) is 6.41. The summed E-state index contributed by atoms with van der Waals surface area (Å²) >= 11 is 0. The van der Waals surface area contributed by atoms with E-state index in [0.717, 1.165) is 30.8 Å². The molecule has 2 N–H and O–H groups in total. The van der Waals surface area contributed by atoms with Crippen LogP contribution in [0.2, 0.25) is 0 Å². The molecule has 1 aliphatic heterocycles. The Bertz CT molecular complexity index is 828. The zero-order chi connectivity index (χ0) is 20.6. The molecule has 1 aromatic carbocycles. The molecule has 1 unspecified atom stereocenters. The van der Waals surface area contributed by atoms with Crippen molar-refractivity contribution in [2.24, 2.45) is 10.9 Å². The summed E-state index contributed by atoms with van der Waals surface area (Å²) in [6, 6.07) is 8.07. The predicted octanol–water partition coefficient (Wildman–Crippen LogP) is 2.96.